The number of rotatable bonds is 4. The van der Waals surface area contributed by atoms with Gasteiger partial charge in [0.25, 0.3) is 21.9 Å². The number of carbonyl (C=O) groups excluding carboxylic acids is 1. The summed E-state index contributed by atoms with van der Waals surface area (Å²) in [6.07, 6.45) is 1.19. The van der Waals surface area contributed by atoms with Crippen LogP contribution in [-0.4, -0.2) is 43.3 Å². The highest BCUT2D eigenvalue weighted by Crippen LogP contribution is 2.39. The van der Waals surface area contributed by atoms with E-state index < -0.39 is 38.7 Å². The van der Waals surface area contributed by atoms with Gasteiger partial charge >= 0.3 is 0 Å². The number of halogens is 3. The highest BCUT2D eigenvalue weighted by molar-refractivity contribution is 7.89. The molecule has 0 saturated carbocycles. The molecule has 1 aliphatic heterocycles. The van der Waals surface area contributed by atoms with Gasteiger partial charge in [-0.2, -0.15) is 0 Å². The van der Waals surface area contributed by atoms with Crippen LogP contribution in [0.15, 0.2) is 29.4 Å². The van der Waals surface area contributed by atoms with Crippen molar-refractivity contribution in [3.8, 4) is 0 Å². The van der Waals surface area contributed by atoms with E-state index in [0.29, 0.717) is 5.69 Å². The third-order valence-corrected chi connectivity index (χ3v) is 6.45. The number of nitrogens with zero attached hydrogens (tertiary/aromatic N) is 3. The molecule has 1 aliphatic rings. The Morgan fingerprint density at radius 2 is 1.90 bits per heavy atom. The van der Waals surface area contributed by atoms with E-state index in [2.05, 4.69) is 15.3 Å². The lowest BCUT2D eigenvalue weighted by atomic mass is 9.87. The highest BCUT2D eigenvalue weighted by Gasteiger charge is 2.47. The molecule has 3 N–H and O–H groups in total. The zero-order chi connectivity index (χ0) is 23.1. The van der Waals surface area contributed by atoms with Crippen molar-refractivity contribution in [1.82, 2.24) is 9.97 Å². The van der Waals surface area contributed by atoms with Crippen LogP contribution in [0.3, 0.4) is 0 Å². The number of alkyl halides is 2. The molecule has 3 rings (SSSR count). The van der Waals surface area contributed by atoms with Gasteiger partial charge in [0.05, 0.1) is 16.3 Å². The lowest BCUT2D eigenvalue weighted by Gasteiger charge is -2.42. The van der Waals surface area contributed by atoms with Crippen LogP contribution < -0.4 is 15.4 Å². The van der Waals surface area contributed by atoms with E-state index in [0.717, 1.165) is 6.07 Å². The number of hydrogen-bond donors (Lipinski definition) is 2. The SMILES string of the molecule is Cc1nc(N2CC(C)C(F)(F)C(C)C2)c(C(=O)Nc2ccnc(S(N)(=O)=O)c2)cc1Cl. The molecular weight excluding hydrogens is 452 g/mol. The predicted octanol–water partition coefficient (Wildman–Crippen LogP) is 3.07. The summed E-state index contributed by atoms with van der Waals surface area (Å²) in [5, 5.41) is 7.46. The van der Waals surface area contributed by atoms with Crippen molar-refractivity contribution in [2.24, 2.45) is 17.0 Å². The van der Waals surface area contributed by atoms with Gasteiger partial charge in [-0.25, -0.2) is 32.3 Å². The van der Waals surface area contributed by atoms with E-state index in [1.807, 2.05) is 0 Å². The second-order valence-electron chi connectivity index (χ2n) is 7.69. The summed E-state index contributed by atoms with van der Waals surface area (Å²) >= 11 is 6.17. The van der Waals surface area contributed by atoms with Gasteiger partial charge in [0.15, 0.2) is 5.03 Å². The van der Waals surface area contributed by atoms with Crippen molar-refractivity contribution < 1.29 is 22.0 Å². The molecule has 2 aromatic rings. The van der Waals surface area contributed by atoms with Gasteiger partial charge in [-0.15, -0.1) is 0 Å². The third kappa shape index (κ3) is 4.78. The van der Waals surface area contributed by atoms with Gasteiger partial charge in [0.2, 0.25) is 0 Å². The Labute approximate surface area is 183 Å². The molecule has 8 nitrogen and oxygen atoms in total. The van der Waals surface area contributed by atoms with E-state index in [9.17, 15) is 22.0 Å². The third-order valence-electron chi connectivity index (χ3n) is 5.26. The minimum Gasteiger partial charge on any atom is -0.355 e. The second kappa shape index (κ2) is 8.29. The molecule has 0 spiro atoms. The van der Waals surface area contributed by atoms with E-state index in [4.69, 9.17) is 16.7 Å². The zero-order valence-electron chi connectivity index (χ0n) is 17.1. The van der Waals surface area contributed by atoms with Crippen LogP contribution in [0.1, 0.15) is 29.9 Å². The number of nitrogens with two attached hydrogens (primary N) is 1. The molecule has 2 unspecified atom stereocenters. The van der Waals surface area contributed by atoms with Crippen molar-refractivity contribution in [2.75, 3.05) is 23.3 Å². The van der Waals surface area contributed by atoms with Crippen LogP contribution in [0.5, 0.6) is 0 Å². The summed E-state index contributed by atoms with van der Waals surface area (Å²) in [7, 11) is -4.06. The summed E-state index contributed by atoms with van der Waals surface area (Å²) < 4.78 is 51.6. The number of anilines is 2. The lowest BCUT2D eigenvalue weighted by molar-refractivity contribution is -0.105. The van der Waals surface area contributed by atoms with Crippen molar-refractivity contribution in [1.29, 1.82) is 0 Å². The Morgan fingerprint density at radius 1 is 1.29 bits per heavy atom. The minimum absolute atomic E-state index is 0.0104. The van der Waals surface area contributed by atoms with Gasteiger partial charge in [0, 0.05) is 42.9 Å². The van der Waals surface area contributed by atoms with Crippen molar-refractivity contribution >= 4 is 39.0 Å². The average molecular weight is 474 g/mol. The summed E-state index contributed by atoms with van der Waals surface area (Å²) in [6, 6.07) is 3.92. The Bertz CT molecular complexity index is 1120. The Hall–Kier alpha value is -2.37. The number of pyridine rings is 2. The number of sulfonamides is 1. The first-order valence-corrected chi connectivity index (χ1v) is 11.3. The lowest BCUT2D eigenvalue weighted by Crippen LogP contribution is -2.52. The van der Waals surface area contributed by atoms with Crippen molar-refractivity contribution in [3.63, 3.8) is 0 Å². The van der Waals surface area contributed by atoms with Gasteiger partial charge in [-0.05, 0) is 19.1 Å². The van der Waals surface area contributed by atoms with Crippen LogP contribution in [0.25, 0.3) is 0 Å². The predicted molar refractivity (Wildman–Crippen MR) is 113 cm³/mol. The molecule has 1 saturated heterocycles. The number of hydrogen-bond acceptors (Lipinski definition) is 6. The first kappa shape index (κ1) is 23.3. The molecule has 168 valence electrons. The minimum atomic E-state index is -4.06. The average Bonchev–Trinajstić information content (AvgIpc) is 2.67. The molecule has 0 bridgehead atoms. The number of carbonyl (C=O) groups is 1. The topological polar surface area (TPSA) is 118 Å². The first-order valence-electron chi connectivity index (χ1n) is 9.40. The van der Waals surface area contributed by atoms with Crippen molar-refractivity contribution in [3.05, 3.63) is 40.7 Å². The quantitative estimate of drug-likeness (QED) is 0.704. The molecule has 12 heteroatoms. The molecule has 1 fully saturated rings. The fraction of sp³-hybridized carbons (Fsp3) is 0.421. The van der Waals surface area contributed by atoms with E-state index in [1.54, 1.807) is 11.8 Å². The van der Waals surface area contributed by atoms with Crippen molar-refractivity contribution in [2.45, 2.75) is 31.7 Å². The second-order valence-corrected chi connectivity index (χ2v) is 9.61. The normalized spacial score (nSPS) is 21.1. The summed E-state index contributed by atoms with van der Waals surface area (Å²) in [5.74, 6) is -5.12. The Kier molecular flexibility index (Phi) is 6.23. The molecule has 0 radical (unpaired) electrons. The number of amides is 1. The maximum atomic E-state index is 14.3. The maximum Gasteiger partial charge on any atom is 0.259 e. The molecule has 0 aromatic carbocycles. The fourth-order valence-electron chi connectivity index (χ4n) is 3.46. The van der Waals surface area contributed by atoms with E-state index >= 15 is 0 Å². The standard InChI is InChI=1S/C19H22ClF2N5O3S/c1-10-8-27(9-11(2)19(10,21)22)17-14(7-15(20)12(3)25-17)18(28)26-13-4-5-24-16(6-13)31(23,29)30/h4-7,10-11H,8-9H2,1-3H3,(H2,23,29,30)(H,24,26,28). The number of aryl methyl sites for hydroxylation is 1. The number of aromatic nitrogens is 2. The number of primary sulfonamides is 1. The Balaban J connectivity index is 1.97. The molecular formula is C19H22ClF2N5O3S. The van der Waals surface area contributed by atoms with Crippen LogP contribution in [0, 0.1) is 18.8 Å². The molecule has 3 heterocycles. The molecule has 2 atom stereocenters. The fourth-order valence-corrected chi connectivity index (χ4v) is 4.11. The number of nitrogens with one attached hydrogen (secondary N) is 1. The van der Waals surface area contributed by atoms with Gasteiger partial charge in [0.1, 0.15) is 5.82 Å². The molecule has 0 aliphatic carbocycles. The van der Waals surface area contributed by atoms with Gasteiger partial charge < -0.3 is 10.2 Å². The van der Waals surface area contributed by atoms with Crippen LogP contribution >= 0.6 is 11.6 Å². The molecule has 2 aromatic heterocycles. The number of piperidine rings is 1. The van der Waals surface area contributed by atoms with Crippen LogP contribution in [-0.2, 0) is 10.0 Å². The highest BCUT2D eigenvalue weighted by atomic mass is 35.5. The zero-order valence-corrected chi connectivity index (χ0v) is 18.6. The van der Waals surface area contributed by atoms with Crippen LogP contribution in [0.2, 0.25) is 5.02 Å². The van der Waals surface area contributed by atoms with Gasteiger partial charge in [-0.1, -0.05) is 25.4 Å². The maximum absolute atomic E-state index is 14.3. The van der Waals surface area contributed by atoms with E-state index in [-0.39, 0.29) is 35.2 Å². The summed E-state index contributed by atoms with van der Waals surface area (Å²) in [4.78, 5) is 22.7. The molecule has 31 heavy (non-hydrogen) atoms. The molecule has 1 amide bonds. The van der Waals surface area contributed by atoms with Gasteiger partial charge in [-0.3, -0.25) is 4.79 Å². The first-order chi connectivity index (χ1) is 14.3. The monoisotopic (exact) mass is 473 g/mol. The smallest absolute Gasteiger partial charge is 0.259 e. The van der Waals surface area contributed by atoms with E-state index in [1.165, 1.54) is 32.2 Å². The summed E-state index contributed by atoms with van der Waals surface area (Å²) in [5.41, 5.74) is 0.666. The largest absolute Gasteiger partial charge is 0.355 e. The van der Waals surface area contributed by atoms with Crippen LogP contribution in [0.4, 0.5) is 20.3 Å². The summed E-state index contributed by atoms with van der Waals surface area (Å²) in [6.45, 7) is 4.58. The Morgan fingerprint density at radius 3 is 2.48 bits per heavy atom.